The number of methoxy groups -OCH3 is 1. The van der Waals surface area contributed by atoms with Crippen LogP contribution in [-0.2, 0) is 17.9 Å². The summed E-state index contributed by atoms with van der Waals surface area (Å²) in [7, 11) is 1.69. The lowest BCUT2D eigenvalue weighted by atomic mass is 9.71. The normalized spacial score (nSPS) is 22.1. The van der Waals surface area contributed by atoms with Crippen molar-refractivity contribution in [1.82, 2.24) is 14.7 Å². The van der Waals surface area contributed by atoms with Crippen molar-refractivity contribution in [2.24, 2.45) is 11.8 Å². The number of rotatable bonds is 7. The standard InChI is InChI=1S/C16H27N3OS/c1-20-11-14-18-15(21-19-14)10-17-16(13-8-5-9-13)12-6-3-2-4-7-12/h12-13,16-17H,2-11H2,1H3. The maximum absolute atomic E-state index is 5.09. The first-order chi connectivity index (χ1) is 10.4. The van der Waals surface area contributed by atoms with E-state index in [4.69, 9.17) is 4.74 Å². The van der Waals surface area contributed by atoms with Gasteiger partial charge in [0, 0.05) is 19.7 Å². The molecule has 0 aliphatic heterocycles. The van der Waals surface area contributed by atoms with Gasteiger partial charge in [0.2, 0.25) is 0 Å². The Morgan fingerprint density at radius 1 is 1.14 bits per heavy atom. The van der Waals surface area contributed by atoms with Crippen LogP contribution in [-0.4, -0.2) is 22.5 Å². The van der Waals surface area contributed by atoms with Crippen molar-refractivity contribution in [1.29, 1.82) is 0 Å². The van der Waals surface area contributed by atoms with Crippen LogP contribution in [0, 0.1) is 11.8 Å². The molecule has 1 atom stereocenters. The maximum atomic E-state index is 5.09. The van der Waals surface area contributed by atoms with Gasteiger partial charge in [-0.3, -0.25) is 0 Å². The Morgan fingerprint density at radius 3 is 2.48 bits per heavy atom. The van der Waals surface area contributed by atoms with Crippen LogP contribution in [0.2, 0.25) is 0 Å². The van der Waals surface area contributed by atoms with E-state index in [9.17, 15) is 0 Å². The molecule has 2 fully saturated rings. The Balaban J connectivity index is 1.55. The van der Waals surface area contributed by atoms with Crippen LogP contribution in [0.5, 0.6) is 0 Å². The molecule has 21 heavy (non-hydrogen) atoms. The number of hydrogen-bond acceptors (Lipinski definition) is 5. The zero-order valence-electron chi connectivity index (χ0n) is 13.0. The molecule has 0 aromatic carbocycles. The van der Waals surface area contributed by atoms with Crippen molar-refractivity contribution in [2.45, 2.75) is 70.6 Å². The molecule has 1 aromatic heterocycles. The highest BCUT2D eigenvalue weighted by Gasteiger charge is 2.33. The van der Waals surface area contributed by atoms with E-state index in [0.717, 1.165) is 29.2 Å². The van der Waals surface area contributed by atoms with Gasteiger partial charge in [0.1, 0.15) is 11.6 Å². The summed E-state index contributed by atoms with van der Waals surface area (Å²) in [6.07, 6.45) is 11.4. The molecule has 2 saturated carbocycles. The maximum Gasteiger partial charge on any atom is 0.168 e. The molecule has 0 saturated heterocycles. The van der Waals surface area contributed by atoms with Gasteiger partial charge in [-0.25, -0.2) is 4.98 Å². The predicted molar refractivity (Wildman–Crippen MR) is 85.2 cm³/mol. The van der Waals surface area contributed by atoms with Crippen molar-refractivity contribution >= 4 is 11.5 Å². The fraction of sp³-hybridized carbons (Fsp3) is 0.875. The predicted octanol–water partition coefficient (Wildman–Crippen LogP) is 3.52. The average molecular weight is 309 g/mol. The van der Waals surface area contributed by atoms with Gasteiger partial charge in [-0.1, -0.05) is 25.7 Å². The highest BCUT2D eigenvalue weighted by atomic mass is 32.1. The number of ether oxygens (including phenoxy) is 1. The third-order valence-electron chi connectivity index (χ3n) is 5.09. The van der Waals surface area contributed by atoms with Crippen molar-refractivity contribution in [3.05, 3.63) is 10.8 Å². The molecule has 1 unspecified atom stereocenters. The summed E-state index contributed by atoms with van der Waals surface area (Å²) in [5.74, 6) is 2.60. The van der Waals surface area contributed by atoms with Crippen LogP contribution in [0.4, 0.5) is 0 Å². The summed E-state index contributed by atoms with van der Waals surface area (Å²) in [6.45, 7) is 1.39. The topological polar surface area (TPSA) is 47.0 Å². The summed E-state index contributed by atoms with van der Waals surface area (Å²) >= 11 is 1.51. The molecule has 2 aliphatic rings. The second-order valence-corrected chi connectivity index (χ2v) is 7.37. The Morgan fingerprint density at radius 2 is 1.86 bits per heavy atom. The molecule has 0 bridgehead atoms. The Hall–Kier alpha value is -0.520. The smallest absolute Gasteiger partial charge is 0.168 e. The van der Waals surface area contributed by atoms with Crippen LogP contribution >= 0.6 is 11.5 Å². The molecule has 5 heteroatoms. The third kappa shape index (κ3) is 4.02. The monoisotopic (exact) mass is 309 g/mol. The summed E-state index contributed by atoms with van der Waals surface area (Å²) in [5, 5.41) is 4.93. The SMILES string of the molecule is COCc1nsc(CNC(C2CCCCC2)C2CCC2)n1. The van der Waals surface area contributed by atoms with E-state index in [1.165, 1.54) is 62.9 Å². The van der Waals surface area contributed by atoms with Crippen molar-refractivity contribution in [3.63, 3.8) is 0 Å². The lowest BCUT2D eigenvalue weighted by molar-refractivity contribution is 0.145. The van der Waals surface area contributed by atoms with Crippen LogP contribution in [0.1, 0.15) is 62.2 Å². The molecule has 1 heterocycles. The van der Waals surface area contributed by atoms with Gasteiger partial charge in [0.05, 0.1) is 0 Å². The van der Waals surface area contributed by atoms with E-state index in [-0.39, 0.29) is 0 Å². The highest BCUT2D eigenvalue weighted by Crippen LogP contribution is 2.38. The highest BCUT2D eigenvalue weighted by molar-refractivity contribution is 7.05. The number of nitrogens with one attached hydrogen (secondary N) is 1. The fourth-order valence-electron chi connectivity index (χ4n) is 3.77. The number of hydrogen-bond donors (Lipinski definition) is 1. The van der Waals surface area contributed by atoms with E-state index >= 15 is 0 Å². The largest absolute Gasteiger partial charge is 0.377 e. The van der Waals surface area contributed by atoms with Crippen LogP contribution < -0.4 is 5.32 Å². The molecule has 118 valence electrons. The molecular weight excluding hydrogens is 282 g/mol. The Kier molecular flexibility index (Phi) is 5.61. The number of aromatic nitrogens is 2. The van der Waals surface area contributed by atoms with Crippen LogP contribution in [0.3, 0.4) is 0 Å². The second kappa shape index (κ2) is 7.65. The van der Waals surface area contributed by atoms with Crippen LogP contribution in [0.25, 0.3) is 0 Å². The molecular formula is C16H27N3OS. The molecule has 1 aromatic rings. The first-order valence-electron chi connectivity index (χ1n) is 8.40. The molecule has 0 radical (unpaired) electrons. The van der Waals surface area contributed by atoms with Gasteiger partial charge in [-0.05, 0) is 49.1 Å². The first kappa shape index (κ1) is 15.4. The van der Waals surface area contributed by atoms with Crippen molar-refractivity contribution in [2.75, 3.05) is 7.11 Å². The van der Waals surface area contributed by atoms with Gasteiger partial charge < -0.3 is 10.1 Å². The summed E-state index contributed by atoms with van der Waals surface area (Å²) in [6, 6.07) is 0.703. The molecule has 1 N–H and O–H groups in total. The van der Waals surface area contributed by atoms with E-state index in [2.05, 4.69) is 14.7 Å². The van der Waals surface area contributed by atoms with Crippen LogP contribution in [0.15, 0.2) is 0 Å². The summed E-state index contributed by atoms with van der Waals surface area (Å²) in [4.78, 5) is 4.54. The minimum atomic E-state index is 0.519. The first-order valence-corrected chi connectivity index (χ1v) is 9.18. The Bertz CT molecular complexity index is 427. The fourth-order valence-corrected chi connectivity index (χ4v) is 4.36. The minimum absolute atomic E-state index is 0.519. The van der Waals surface area contributed by atoms with E-state index < -0.39 is 0 Å². The quantitative estimate of drug-likeness (QED) is 0.837. The summed E-state index contributed by atoms with van der Waals surface area (Å²) < 4.78 is 9.43. The van der Waals surface area contributed by atoms with Gasteiger partial charge in [-0.2, -0.15) is 4.37 Å². The van der Waals surface area contributed by atoms with E-state index in [1.807, 2.05) is 0 Å². The zero-order valence-corrected chi connectivity index (χ0v) is 13.8. The minimum Gasteiger partial charge on any atom is -0.377 e. The van der Waals surface area contributed by atoms with E-state index in [1.54, 1.807) is 7.11 Å². The van der Waals surface area contributed by atoms with Gasteiger partial charge in [-0.15, -0.1) is 0 Å². The molecule has 4 nitrogen and oxygen atoms in total. The molecule has 0 amide bonds. The molecule has 0 spiro atoms. The van der Waals surface area contributed by atoms with E-state index in [0.29, 0.717) is 12.6 Å². The lowest BCUT2D eigenvalue weighted by Gasteiger charge is -2.40. The van der Waals surface area contributed by atoms with Crippen molar-refractivity contribution in [3.8, 4) is 0 Å². The van der Waals surface area contributed by atoms with Gasteiger partial charge in [0.15, 0.2) is 5.82 Å². The molecule has 2 aliphatic carbocycles. The Labute approximate surface area is 131 Å². The zero-order chi connectivity index (χ0) is 14.5. The average Bonchev–Trinajstić information content (AvgIpc) is 2.90. The van der Waals surface area contributed by atoms with Gasteiger partial charge >= 0.3 is 0 Å². The van der Waals surface area contributed by atoms with Crippen molar-refractivity contribution < 1.29 is 4.74 Å². The molecule has 3 rings (SSSR count). The second-order valence-electron chi connectivity index (χ2n) is 6.53. The lowest BCUT2D eigenvalue weighted by Crippen LogP contribution is -2.45. The van der Waals surface area contributed by atoms with Gasteiger partial charge in [0.25, 0.3) is 0 Å². The third-order valence-corrected chi connectivity index (χ3v) is 5.84. The summed E-state index contributed by atoms with van der Waals surface area (Å²) in [5.41, 5.74) is 0. The number of nitrogens with zero attached hydrogens (tertiary/aromatic N) is 2.